The van der Waals surface area contributed by atoms with E-state index in [9.17, 15) is 0 Å². The van der Waals surface area contributed by atoms with Crippen LogP contribution < -0.4 is 5.19 Å². The Labute approximate surface area is 355 Å². The fourth-order valence-electron chi connectivity index (χ4n) is 7.39. The number of nitrogens with zero attached hydrogens (tertiary/aromatic N) is 6. The van der Waals surface area contributed by atoms with Crippen molar-refractivity contribution in [2.45, 2.75) is 73.1 Å². The smallest absolute Gasteiger partial charge is 0.217 e. The van der Waals surface area contributed by atoms with Gasteiger partial charge in [-0.25, -0.2) is 4.98 Å². The Morgan fingerprint density at radius 2 is 1.52 bits per heavy atom. The van der Waals surface area contributed by atoms with E-state index in [1.807, 2.05) is 37.4 Å². The number of pyridine rings is 4. The van der Waals surface area contributed by atoms with Gasteiger partial charge in [0.2, 0.25) is 5.71 Å². The molecule has 58 heavy (non-hydrogen) atoms. The minimum Gasteiger partial charge on any atom is -0.467 e. The first-order valence-electron chi connectivity index (χ1n) is 19.8. The van der Waals surface area contributed by atoms with Crippen LogP contribution in [-0.4, -0.2) is 37.6 Å². The maximum absolute atomic E-state index is 5.86. The predicted molar refractivity (Wildman–Crippen MR) is 237 cm³/mol. The van der Waals surface area contributed by atoms with Gasteiger partial charge in [0, 0.05) is 49.6 Å². The number of rotatable bonds is 8. The van der Waals surface area contributed by atoms with Crippen LogP contribution >= 0.6 is 0 Å². The van der Waals surface area contributed by atoms with Crippen LogP contribution in [0.15, 0.2) is 114 Å². The van der Waals surface area contributed by atoms with Gasteiger partial charge < -0.3 is 19.0 Å². The van der Waals surface area contributed by atoms with E-state index in [1.165, 1.54) is 27.1 Å². The second-order valence-electron chi connectivity index (χ2n) is 16.7. The molecular weight excluding hydrogens is 909 g/mol. The van der Waals surface area contributed by atoms with Gasteiger partial charge in [-0.2, -0.15) is 0 Å². The van der Waals surface area contributed by atoms with Gasteiger partial charge in [0.05, 0.1) is 31.1 Å². The monoisotopic (exact) mass is 957 g/mol. The molecule has 0 amide bonds. The Balaban J connectivity index is 0.000000183. The van der Waals surface area contributed by atoms with Gasteiger partial charge in [-0.05, 0) is 71.4 Å². The number of benzene rings is 3. The van der Waals surface area contributed by atoms with E-state index in [2.05, 4.69) is 153 Å². The number of hydrogen-bond acceptors (Lipinski definition) is 6. The maximum Gasteiger partial charge on any atom is 0.217 e. The molecule has 6 aromatic heterocycles. The Hall–Kier alpha value is -5.34. The predicted octanol–water partition coefficient (Wildman–Crippen LogP) is 11.5. The van der Waals surface area contributed by atoms with Gasteiger partial charge in [0.15, 0.2) is 0 Å². The van der Waals surface area contributed by atoms with E-state index < -0.39 is 8.07 Å². The molecule has 0 saturated carbocycles. The summed E-state index contributed by atoms with van der Waals surface area (Å²) in [6, 6.07) is 36.9. The molecule has 0 saturated heterocycles. The normalized spacial score (nSPS) is 11.8. The Morgan fingerprint density at radius 1 is 0.759 bits per heavy atom. The van der Waals surface area contributed by atoms with Crippen molar-refractivity contribution < 1.29 is 24.5 Å². The summed E-state index contributed by atoms with van der Waals surface area (Å²) in [6.45, 7) is 18.7. The minimum atomic E-state index is -1.38. The number of aryl methyl sites for hydroxylation is 1. The van der Waals surface area contributed by atoms with Crippen LogP contribution in [0.1, 0.15) is 56.1 Å². The molecule has 9 rings (SSSR count). The van der Waals surface area contributed by atoms with Crippen LogP contribution in [0.3, 0.4) is 0 Å². The average Bonchev–Trinajstić information content (AvgIpc) is 3.74. The van der Waals surface area contributed by atoms with Gasteiger partial charge in [0.25, 0.3) is 0 Å². The Bertz CT molecular complexity index is 2870. The van der Waals surface area contributed by atoms with E-state index in [1.54, 1.807) is 0 Å². The SMILES string of the molecule is CC(C)Cc1cc(-c2[c-]cc3ccccc3c2)ncc1[Si](C)(C)C.Cc1ccc2c(n1)oc1n[c-]c(-c3nc4cc(C(C)C)ncc4n3Cc3ccccc3)cc12.[Ir]. The quantitative estimate of drug-likeness (QED) is 0.111. The van der Waals surface area contributed by atoms with Crippen LogP contribution in [0.5, 0.6) is 0 Å². The molecule has 0 fully saturated rings. The second-order valence-corrected chi connectivity index (χ2v) is 21.8. The summed E-state index contributed by atoms with van der Waals surface area (Å²) in [7, 11) is -1.38. The van der Waals surface area contributed by atoms with Crippen LogP contribution in [0.2, 0.25) is 19.6 Å². The van der Waals surface area contributed by atoms with Crippen LogP contribution in [0.25, 0.3) is 66.7 Å². The molecular formula is C49H48IrN6OSi-2. The third-order valence-electron chi connectivity index (χ3n) is 10.3. The Morgan fingerprint density at radius 3 is 2.26 bits per heavy atom. The molecule has 7 nitrogen and oxygen atoms in total. The van der Waals surface area contributed by atoms with Crippen molar-refractivity contribution in [3.05, 3.63) is 144 Å². The number of imidazole rings is 1. The zero-order valence-electron chi connectivity index (χ0n) is 34.4. The summed E-state index contributed by atoms with van der Waals surface area (Å²) < 4.78 is 8.05. The van der Waals surface area contributed by atoms with Crippen molar-refractivity contribution in [1.82, 2.24) is 29.5 Å². The summed E-state index contributed by atoms with van der Waals surface area (Å²) in [5, 5.41) is 5.80. The first kappa shape index (κ1) is 40.8. The molecule has 0 N–H and O–H groups in total. The first-order valence-corrected chi connectivity index (χ1v) is 23.3. The maximum atomic E-state index is 5.86. The van der Waals surface area contributed by atoms with Crippen molar-refractivity contribution in [1.29, 1.82) is 0 Å². The van der Waals surface area contributed by atoms with Crippen molar-refractivity contribution >= 4 is 57.3 Å². The molecule has 0 aliphatic carbocycles. The summed E-state index contributed by atoms with van der Waals surface area (Å²) >= 11 is 0. The summed E-state index contributed by atoms with van der Waals surface area (Å²) in [5.41, 5.74) is 10.5. The van der Waals surface area contributed by atoms with Crippen molar-refractivity contribution in [3.8, 4) is 22.6 Å². The van der Waals surface area contributed by atoms with E-state index in [-0.39, 0.29) is 20.1 Å². The van der Waals surface area contributed by atoms with Gasteiger partial charge in [-0.3, -0.25) is 9.97 Å². The topological polar surface area (TPSA) is 82.5 Å². The van der Waals surface area contributed by atoms with Gasteiger partial charge in [-0.15, -0.1) is 35.2 Å². The molecule has 295 valence electrons. The standard InChI is InChI=1S/C27H22N5O.C22H26NSi.Ir/c1-16(2)22-12-23-24(14-28-22)32(15-18-7-5-4-6-8-18)25(31-23)19-11-21-20-10-9-17(3)30-27(20)33-26(21)29-13-19;1-16(2)12-20-14-21(23-15-22(20)24(3,4)5)19-11-10-17-8-6-7-9-18(17)13-19;/h4-12,14,16H,15H2,1-3H3;6-10,13-16H,12H2,1-5H3;/q2*-1;. The largest absolute Gasteiger partial charge is 0.467 e. The molecule has 0 unspecified atom stereocenters. The molecule has 0 aliphatic rings. The molecule has 9 heteroatoms. The van der Waals surface area contributed by atoms with Crippen molar-refractivity contribution in [2.75, 3.05) is 0 Å². The summed E-state index contributed by atoms with van der Waals surface area (Å²) in [6.07, 6.45) is 8.32. The molecule has 3 aromatic carbocycles. The molecule has 9 aromatic rings. The zero-order valence-corrected chi connectivity index (χ0v) is 37.8. The van der Waals surface area contributed by atoms with Crippen LogP contribution in [-0.2, 0) is 33.1 Å². The van der Waals surface area contributed by atoms with Crippen LogP contribution in [0.4, 0.5) is 0 Å². The second kappa shape index (κ2) is 16.9. The molecule has 0 bridgehead atoms. The van der Waals surface area contributed by atoms with Gasteiger partial charge >= 0.3 is 0 Å². The third kappa shape index (κ3) is 8.58. The molecule has 1 radical (unpaired) electrons. The van der Waals surface area contributed by atoms with E-state index >= 15 is 0 Å². The summed E-state index contributed by atoms with van der Waals surface area (Å²) in [5.74, 6) is 1.78. The van der Waals surface area contributed by atoms with Gasteiger partial charge in [0.1, 0.15) is 5.71 Å². The van der Waals surface area contributed by atoms with Crippen molar-refractivity contribution in [3.63, 3.8) is 0 Å². The van der Waals surface area contributed by atoms with Crippen LogP contribution in [0, 0.1) is 25.1 Å². The van der Waals surface area contributed by atoms with E-state index in [0.717, 1.165) is 62.3 Å². The van der Waals surface area contributed by atoms with E-state index in [0.29, 0.717) is 29.8 Å². The molecule has 0 atom stereocenters. The van der Waals surface area contributed by atoms with Gasteiger partial charge in [-0.1, -0.05) is 125 Å². The zero-order chi connectivity index (χ0) is 39.8. The fourth-order valence-corrected chi connectivity index (χ4v) is 8.98. The Kier molecular flexibility index (Phi) is 11.9. The van der Waals surface area contributed by atoms with E-state index in [4.69, 9.17) is 19.4 Å². The number of hydrogen-bond donors (Lipinski definition) is 0. The first-order chi connectivity index (χ1) is 27.4. The number of fused-ring (bicyclic) bond motifs is 5. The fraction of sp³-hybridized carbons (Fsp3) is 0.245. The molecule has 0 spiro atoms. The third-order valence-corrected chi connectivity index (χ3v) is 12.4. The van der Waals surface area contributed by atoms with Crippen molar-refractivity contribution in [2.24, 2.45) is 5.92 Å². The average molecular weight is 957 g/mol. The number of furan rings is 1. The molecule has 6 heterocycles. The summed E-state index contributed by atoms with van der Waals surface area (Å²) in [4.78, 5) is 23.5. The minimum absolute atomic E-state index is 0. The number of aromatic nitrogens is 6. The molecule has 0 aliphatic heterocycles.